The van der Waals surface area contributed by atoms with Crippen LogP contribution in [-0.2, 0) is 15.0 Å². The Balaban J connectivity index is 0.000000192. The van der Waals surface area contributed by atoms with Gasteiger partial charge < -0.3 is 24.6 Å². The monoisotopic (exact) mass is 797 g/mol. The first-order valence-corrected chi connectivity index (χ1v) is 18.0. The highest BCUT2D eigenvalue weighted by molar-refractivity contribution is 9.11. The zero-order valence-corrected chi connectivity index (χ0v) is 32.3. The van der Waals surface area contributed by atoms with Gasteiger partial charge in [-0.25, -0.2) is 24.1 Å². The van der Waals surface area contributed by atoms with Gasteiger partial charge in [-0.05, 0) is 106 Å². The molecule has 3 aromatic heterocycles. The summed E-state index contributed by atoms with van der Waals surface area (Å²) in [5.74, 6) is 1.90. The van der Waals surface area contributed by atoms with Crippen LogP contribution in [0.4, 0.5) is 15.4 Å². The van der Waals surface area contributed by atoms with Crippen molar-refractivity contribution in [3.63, 3.8) is 0 Å². The molecule has 2 aliphatic rings. The summed E-state index contributed by atoms with van der Waals surface area (Å²) in [6, 6.07) is 11.9. The Morgan fingerprint density at radius 2 is 1.49 bits per heavy atom. The van der Waals surface area contributed by atoms with Crippen LogP contribution in [0.1, 0.15) is 66.9 Å². The minimum absolute atomic E-state index is 0.322. The largest absolute Gasteiger partial charge is 0.444 e. The van der Waals surface area contributed by atoms with Crippen molar-refractivity contribution in [3.8, 4) is 11.1 Å². The molecule has 1 aromatic carbocycles. The van der Waals surface area contributed by atoms with E-state index in [0.717, 1.165) is 56.1 Å². The predicted octanol–water partition coefficient (Wildman–Crippen LogP) is 8.21. The molecule has 2 amide bonds. The van der Waals surface area contributed by atoms with Crippen LogP contribution >= 0.6 is 31.9 Å². The number of aromatic nitrogens is 4. The van der Waals surface area contributed by atoms with Gasteiger partial charge in [0.05, 0.1) is 23.8 Å². The van der Waals surface area contributed by atoms with E-state index in [1.807, 2.05) is 84.4 Å². The number of amides is 2. The Bertz CT molecular complexity index is 1750. The molecular weight excluding hydrogens is 754 g/mol. The number of anilines is 1. The molecule has 2 saturated heterocycles. The first-order chi connectivity index (χ1) is 23.0. The number of ether oxygens (including phenoxy) is 2. The number of carbonyl (C=O) groups excluding carboxylic acids is 2. The molecular formula is C36H45Br2N7O4. The molecule has 0 unspecified atom stereocenters. The van der Waals surface area contributed by atoms with Crippen LogP contribution in [0.2, 0.25) is 0 Å². The molecule has 262 valence electrons. The molecule has 0 spiro atoms. The van der Waals surface area contributed by atoms with Crippen molar-refractivity contribution in [1.29, 1.82) is 0 Å². The summed E-state index contributed by atoms with van der Waals surface area (Å²) < 4.78 is 14.4. The van der Waals surface area contributed by atoms with Gasteiger partial charge in [0.25, 0.3) is 0 Å². The topological polar surface area (TPSA) is 114 Å². The smallest absolute Gasteiger partial charge is 0.410 e. The summed E-state index contributed by atoms with van der Waals surface area (Å²) in [5, 5.41) is 7.23. The maximum absolute atomic E-state index is 12.3. The second-order valence-corrected chi connectivity index (χ2v) is 16.5. The zero-order valence-electron chi connectivity index (χ0n) is 29.2. The van der Waals surface area contributed by atoms with E-state index in [1.165, 1.54) is 12.8 Å². The molecule has 0 bridgehead atoms. The summed E-state index contributed by atoms with van der Waals surface area (Å²) >= 11 is 6.86. The number of nitrogens with zero attached hydrogens (tertiary/aromatic N) is 6. The van der Waals surface area contributed by atoms with Gasteiger partial charge in [0.1, 0.15) is 22.6 Å². The van der Waals surface area contributed by atoms with E-state index < -0.39 is 28.9 Å². The number of pyridine rings is 1. The molecule has 6 rings (SSSR count). The lowest BCUT2D eigenvalue weighted by atomic mass is 9.82. The van der Waals surface area contributed by atoms with E-state index in [4.69, 9.17) is 9.47 Å². The van der Waals surface area contributed by atoms with Crippen LogP contribution in [0.15, 0.2) is 70.1 Å². The summed E-state index contributed by atoms with van der Waals surface area (Å²) in [7, 11) is 0. The van der Waals surface area contributed by atoms with Gasteiger partial charge >= 0.3 is 12.2 Å². The minimum Gasteiger partial charge on any atom is -0.444 e. The van der Waals surface area contributed by atoms with E-state index in [2.05, 4.69) is 76.2 Å². The summed E-state index contributed by atoms with van der Waals surface area (Å²) in [6.07, 6.45) is 9.11. The lowest BCUT2D eigenvalue weighted by Crippen LogP contribution is -2.69. The van der Waals surface area contributed by atoms with Gasteiger partial charge in [-0.1, -0.05) is 35.0 Å². The molecule has 0 atom stereocenters. The van der Waals surface area contributed by atoms with E-state index >= 15 is 0 Å². The predicted molar refractivity (Wildman–Crippen MR) is 198 cm³/mol. The zero-order chi connectivity index (χ0) is 35.6. The number of rotatable bonds is 4. The normalized spacial score (nSPS) is 16.3. The van der Waals surface area contributed by atoms with Crippen molar-refractivity contribution in [2.24, 2.45) is 5.92 Å². The molecule has 11 nitrogen and oxygen atoms in total. The Morgan fingerprint density at radius 3 is 2.08 bits per heavy atom. The lowest BCUT2D eigenvalue weighted by Gasteiger charge is -2.50. The van der Waals surface area contributed by atoms with Gasteiger partial charge in [-0.15, -0.1) is 0 Å². The molecule has 2 aliphatic heterocycles. The fourth-order valence-electron chi connectivity index (χ4n) is 5.64. The Hall–Kier alpha value is -3.71. The van der Waals surface area contributed by atoms with Crippen molar-refractivity contribution < 1.29 is 19.1 Å². The van der Waals surface area contributed by atoms with Crippen molar-refractivity contribution >= 4 is 55.5 Å². The SMILES string of the molecule is CC(C)(C)OC(=O)NC1(c2ccc(Br)cc2)CN(C(=O)OC(C)(C)C)C1.CC1CCN(c2ccc(-c3cnc4c(Br)cnn4c3)cn2)CC1. The van der Waals surface area contributed by atoms with Crippen LogP contribution < -0.4 is 10.2 Å². The Kier molecular flexibility index (Phi) is 10.9. The molecule has 5 heterocycles. The first kappa shape index (κ1) is 36.6. The van der Waals surface area contributed by atoms with Crippen LogP contribution in [0, 0.1) is 5.92 Å². The van der Waals surface area contributed by atoms with E-state index in [0.29, 0.717) is 13.1 Å². The van der Waals surface area contributed by atoms with Crippen molar-refractivity contribution in [3.05, 3.63) is 75.7 Å². The maximum Gasteiger partial charge on any atom is 0.410 e. The van der Waals surface area contributed by atoms with E-state index in [9.17, 15) is 9.59 Å². The summed E-state index contributed by atoms with van der Waals surface area (Å²) in [6.45, 7) is 16.1. The number of hydrogen-bond donors (Lipinski definition) is 1. The third-order valence-corrected chi connectivity index (χ3v) is 9.30. The highest BCUT2D eigenvalue weighted by Crippen LogP contribution is 2.34. The fraction of sp³-hybridized carbons (Fsp3) is 0.472. The molecule has 0 saturated carbocycles. The average molecular weight is 800 g/mol. The highest BCUT2D eigenvalue weighted by atomic mass is 79.9. The lowest BCUT2D eigenvalue weighted by molar-refractivity contribution is -0.0230. The van der Waals surface area contributed by atoms with Gasteiger partial charge in [-0.3, -0.25) is 0 Å². The fourth-order valence-corrected chi connectivity index (χ4v) is 6.28. The Labute approximate surface area is 305 Å². The van der Waals surface area contributed by atoms with Gasteiger partial charge in [0, 0.05) is 47.3 Å². The number of fused-ring (bicyclic) bond motifs is 1. The van der Waals surface area contributed by atoms with Crippen molar-refractivity contribution in [2.75, 3.05) is 31.1 Å². The van der Waals surface area contributed by atoms with Gasteiger partial charge in [0.15, 0.2) is 5.65 Å². The molecule has 0 aliphatic carbocycles. The third kappa shape index (κ3) is 9.50. The molecule has 1 N–H and O–H groups in total. The van der Waals surface area contributed by atoms with Crippen molar-refractivity contribution in [1.82, 2.24) is 29.8 Å². The van der Waals surface area contributed by atoms with Gasteiger partial charge in [0.2, 0.25) is 0 Å². The highest BCUT2D eigenvalue weighted by Gasteiger charge is 2.49. The third-order valence-electron chi connectivity index (χ3n) is 8.21. The van der Waals surface area contributed by atoms with E-state index in [1.54, 1.807) is 15.6 Å². The Morgan fingerprint density at radius 1 is 0.857 bits per heavy atom. The minimum atomic E-state index is -0.695. The number of carbonyl (C=O) groups is 2. The van der Waals surface area contributed by atoms with Gasteiger partial charge in [-0.2, -0.15) is 5.10 Å². The number of piperidine rings is 1. The quantitative estimate of drug-likeness (QED) is 0.220. The van der Waals surface area contributed by atoms with Crippen molar-refractivity contribution in [2.45, 2.75) is 78.0 Å². The number of likely N-dealkylation sites (tertiary alicyclic amines) is 1. The van der Waals surface area contributed by atoms with Crippen LogP contribution in [0.3, 0.4) is 0 Å². The molecule has 49 heavy (non-hydrogen) atoms. The summed E-state index contributed by atoms with van der Waals surface area (Å²) in [4.78, 5) is 37.7. The van der Waals surface area contributed by atoms with Crippen LogP contribution in [0.25, 0.3) is 16.8 Å². The number of halogens is 2. The molecule has 13 heteroatoms. The maximum atomic E-state index is 12.3. The van der Waals surface area contributed by atoms with Crippen LogP contribution in [-0.4, -0.2) is 74.0 Å². The van der Waals surface area contributed by atoms with E-state index in [-0.39, 0.29) is 0 Å². The number of benzene rings is 1. The standard InChI is InChI=1S/C19H27BrN2O4.C17H18BrN5/c1-17(2,3)25-15(23)21-19(13-7-9-14(20)10-8-13)11-22(12-19)16(24)26-18(4,5)6;1-12-4-6-22(7-5-12)16-3-2-13(8-19-16)14-9-20-17-15(18)10-21-23(17)11-14/h7-10H,11-12H2,1-6H3,(H,21,23);2-3,8-12H,4-7H2,1H3. The molecule has 4 aromatic rings. The molecule has 2 fully saturated rings. The second-order valence-electron chi connectivity index (χ2n) is 14.7. The number of alkyl carbamates (subject to hydrolysis) is 1. The van der Waals surface area contributed by atoms with Crippen LogP contribution in [0.5, 0.6) is 0 Å². The summed E-state index contributed by atoms with van der Waals surface area (Å²) in [5.41, 5.74) is 1.94. The first-order valence-electron chi connectivity index (χ1n) is 16.5. The number of hydrogen-bond acceptors (Lipinski definition) is 8. The average Bonchev–Trinajstić information content (AvgIpc) is 3.38. The number of nitrogens with one attached hydrogen (secondary N) is 1. The molecule has 0 radical (unpaired) electrons. The second kappa shape index (κ2) is 14.6.